The predicted molar refractivity (Wildman–Crippen MR) is 56.1 cm³/mol. The van der Waals surface area contributed by atoms with Gasteiger partial charge in [0.05, 0.1) is 23.2 Å². The molecule has 0 saturated heterocycles. The highest BCUT2D eigenvalue weighted by Gasteiger charge is 2.38. The van der Waals surface area contributed by atoms with Crippen LogP contribution < -0.4 is 10.9 Å². The van der Waals surface area contributed by atoms with Crippen molar-refractivity contribution in [3.63, 3.8) is 0 Å². The lowest BCUT2D eigenvalue weighted by atomic mass is 9.99. The highest BCUT2D eigenvalue weighted by atomic mass is 32.2. The molecule has 0 bridgehead atoms. The van der Waals surface area contributed by atoms with Crippen LogP contribution in [0.15, 0.2) is 12.4 Å². The maximum Gasteiger partial charge on any atom is 0.213 e. The van der Waals surface area contributed by atoms with E-state index in [0.717, 1.165) is 12.4 Å². The minimum Gasteiger partial charge on any atom is -0.318 e. The Bertz CT molecular complexity index is 471. The molecule has 0 aromatic carbocycles. The van der Waals surface area contributed by atoms with Crippen LogP contribution in [-0.4, -0.2) is 23.6 Å². The Labute approximate surface area is 92.9 Å². The molecule has 4 N–H and O–H groups in total. The Morgan fingerprint density at radius 1 is 1.44 bits per heavy atom. The quantitative estimate of drug-likeness (QED) is 0.746. The topological polar surface area (TPSA) is 112 Å². The van der Waals surface area contributed by atoms with Crippen molar-refractivity contribution in [2.45, 2.75) is 24.6 Å². The molecule has 0 radical (unpaired) electrons. The van der Waals surface area contributed by atoms with E-state index in [1.165, 1.54) is 13.8 Å². The molecule has 0 aliphatic heterocycles. The van der Waals surface area contributed by atoms with E-state index >= 15 is 0 Å². The number of nitrogens with two attached hydrogens (primary N) is 2. The van der Waals surface area contributed by atoms with Crippen molar-refractivity contribution in [3.05, 3.63) is 24.0 Å². The molecule has 0 amide bonds. The van der Waals surface area contributed by atoms with Crippen LogP contribution in [0, 0.1) is 5.82 Å². The van der Waals surface area contributed by atoms with E-state index in [0.29, 0.717) is 0 Å². The summed E-state index contributed by atoms with van der Waals surface area (Å²) < 4.78 is 35.0. The third kappa shape index (κ3) is 2.52. The molecule has 1 heterocycles. The molecule has 6 nitrogen and oxygen atoms in total. The Morgan fingerprint density at radius 2 is 1.88 bits per heavy atom. The second-order valence-corrected chi connectivity index (χ2v) is 5.62. The molecule has 16 heavy (non-hydrogen) atoms. The Morgan fingerprint density at radius 3 is 2.25 bits per heavy atom. The molecule has 0 saturated carbocycles. The van der Waals surface area contributed by atoms with Crippen LogP contribution in [0.2, 0.25) is 0 Å². The molecule has 0 aliphatic rings. The van der Waals surface area contributed by atoms with Gasteiger partial charge in [0.15, 0.2) is 5.82 Å². The summed E-state index contributed by atoms with van der Waals surface area (Å²) in [6.45, 7) is 2.78. The van der Waals surface area contributed by atoms with Gasteiger partial charge in [-0.05, 0) is 13.8 Å². The van der Waals surface area contributed by atoms with Crippen molar-refractivity contribution >= 4 is 10.0 Å². The number of rotatable bonds is 3. The summed E-state index contributed by atoms with van der Waals surface area (Å²) in [7, 11) is -3.82. The zero-order valence-corrected chi connectivity index (χ0v) is 9.70. The third-order valence-corrected chi connectivity index (χ3v) is 3.91. The van der Waals surface area contributed by atoms with Crippen molar-refractivity contribution < 1.29 is 12.8 Å². The van der Waals surface area contributed by atoms with Crippen molar-refractivity contribution in [2.24, 2.45) is 10.9 Å². The smallest absolute Gasteiger partial charge is 0.213 e. The summed E-state index contributed by atoms with van der Waals surface area (Å²) in [6.07, 6.45) is 1.84. The van der Waals surface area contributed by atoms with E-state index in [1.807, 2.05) is 0 Å². The number of hydrogen-bond donors (Lipinski definition) is 2. The van der Waals surface area contributed by atoms with Crippen LogP contribution in [-0.2, 0) is 15.6 Å². The lowest BCUT2D eigenvalue weighted by Gasteiger charge is -2.27. The summed E-state index contributed by atoms with van der Waals surface area (Å²) in [5.41, 5.74) is 4.44. The van der Waals surface area contributed by atoms with Crippen molar-refractivity contribution in [2.75, 3.05) is 0 Å². The fourth-order valence-electron chi connectivity index (χ4n) is 1.11. The van der Waals surface area contributed by atoms with E-state index in [-0.39, 0.29) is 5.82 Å². The van der Waals surface area contributed by atoms with Crippen LogP contribution in [0.4, 0.5) is 4.39 Å². The fraction of sp³-hybridized carbons (Fsp3) is 0.500. The molecular weight excluding hydrogens is 235 g/mol. The number of aromatic nitrogens is 2. The normalized spacial score (nSPS) is 17.8. The average Bonchev–Trinajstić information content (AvgIpc) is 2.16. The minimum atomic E-state index is -3.82. The van der Waals surface area contributed by atoms with Gasteiger partial charge in [0.1, 0.15) is 5.82 Å². The van der Waals surface area contributed by atoms with Gasteiger partial charge in [-0.1, -0.05) is 0 Å². The van der Waals surface area contributed by atoms with Gasteiger partial charge in [-0.25, -0.2) is 27.9 Å². The van der Waals surface area contributed by atoms with E-state index in [4.69, 9.17) is 10.9 Å². The molecule has 2 atom stereocenters. The minimum absolute atomic E-state index is 0.0235. The SMILES string of the molecule is C[C@@H]([C@](C)(N)c1ncc(F)cn1)S(N)(=O)=O. The van der Waals surface area contributed by atoms with Crippen LogP contribution in [0.3, 0.4) is 0 Å². The molecule has 90 valence electrons. The standard InChI is InChI=1S/C8H13FN4O2S/c1-5(16(11,14)15)8(2,10)7-12-3-6(9)4-13-7/h3-5H,10H2,1-2H3,(H2,11,14,15)/t5-,8-/m0/s1. The Kier molecular flexibility index (Phi) is 3.27. The van der Waals surface area contributed by atoms with Gasteiger partial charge in [-0.3, -0.25) is 0 Å². The van der Waals surface area contributed by atoms with Gasteiger partial charge < -0.3 is 5.73 Å². The summed E-state index contributed by atoms with van der Waals surface area (Å²) in [5.74, 6) is -0.599. The summed E-state index contributed by atoms with van der Waals surface area (Å²) in [5, 5.41) is 3.92. The van der Waals surface area contributed by atoms with Crippen molar-refractivity contribution in [1.29, 1.82) is 0 Å². The van der Waals surface area contributed by atoms with Gasteiger partial charge in [0.25, 0.3) is 0 Å². The van der Waals surface area contributed by atoms with Crippen LogP contribution in [0.1, 0.15) is 19.7 Å². The van der Waals surface area contributed by atoms with Crippen molar-refractivity contribution in [3.8, 4) is 0 Å². The number of sulfonamides is 1. The number of primary sulfonamides is 1. The van der Waals surface area contributed by atoms with Gasteiger partial charge in [-0.2, -0.15) is 0 Å². The first kappa shape index (κ1) is 12.9. The van der Waals surface area contributed by atoms with Crippen molar-refractivity contribution in [1.82, 2.24) is 9.97 Å². The summed E-state index contributed by atoms with van der Waals surface area (Å²) >= 11 is 0. The van der Waals surface area contributed by atoms with E-state index in [1.54, 1.807) is 0 Å². The van der Waals surface area contributed by atoms with Gasteiger partial charge >= 0.3 is 0 Å². The highest BCUT2D eigenvalue weighted by Crippen LogP contribution is 2.21. The Balaban J connectivity index is 3.16. The number of halogens is 1. The second kappa shape index (κ2) is 4.04. The third-order valence-electron chi connectivity index (χ3n) is 2.44. The average molecular weight is 248 g/mol. The zero-order valence-electron chi connectivity index (χ0n) is 8.88. The fourth-order valence-corrected chi connectivity index (χ4v) is 1.90. The first-order chi connectivity index (χ1) is 7.15. The highest BCUT2D eigenvalue weighted by molar-refractivity contribution is 7.89. The largest absolute Gasteiger partial charge is 0.318 e. The molecule has 0 fully saturated rings. The van der Waals surface area contributed by atoms with Gasteiger partial charge in [0, 0.05) is 0 Å². The van der Waals surface area contributed by atoms with Crippen LogP contribution >= 0.6 is 0 Å². The van der Waals surface area contributed by atoms with Crippen LogP contribution in [0.5, 0.6) is 0 Å². The molecule has 0 spiro atoms. The molecule has 1 aromatic rings. The predicted octanol–water partition coefficient (Wildman–Crippen LogP) is -0.533. The monoisotopic (exact) mass is 248 g/mol. The van der Waals surface area contributed by atoms with Crippen LogP contribution in [0.25, 0.3) is 0 Å². The first-order valence-electron chi connectivity index (χ1n) is 4.44. The lowest BCUT2D eigenvalue weighted by Crippen LogP contribution is -2.50. The molecule has 0 aliphatic carbocycles. The number of hydrogen-bond acceptors (Lipinski definition) is 5. The molecular formula is C8H13FN4O2S. The van der Waals surface area contributed by atoms with Gasteiger partial charge in [0.2, 0.25) is 10.0 Å². The summed E-state index contributed by atoms with van der Waals surface area (Å²) in [6, 6.07) is 0. The molecule has 1 aromatic heterocycles. The maximum atomic E-state index is 12.6. The Hall–Kier alpha value is -1.12. The molecule has 8 heteroatoms. The van der Waals surface area contributed by atoms with Gasteiger partial charge in [-0.15, -0.1) is 0 Å². The van der Waals surface area contributed by atoms with E-state index in [2.05, 4.69) is 9.97 Å². The van der Waals surface area contributed by atoms with E-state index < -0.39 is 26.6 Å². The number of nitrogens with zero attached hydrogens (tertiary/aromatic N) is 2. The molecule has 0 unspecified atom stereocenters. The molecule has 1 rings (SSSR count). The van der Waals surface area contributed by atoms with E-state index in [9.17, 15) is 12.8 Å². The second-order valence-electron chi connectivity index (χ2n) is 3.74. The summed E-state index contributed by atoms with van der Waals surface area (Å²) in [4.78, 5) is 7.31. The lowest BCUT2D eigenvalue weighted by molar-refractivity contribution is 0.432. The maximum absolute atomic E-state index is 12.6. The first-order valence-corrected chi connectivity index (χ1v) is 6.05. The zero-order chi connectivity index (χ0) is 12.6.